The minimum atomic E-state index is -0.292. The van der Waals surface area contributed by atoms with Gasteiger partial charge < -0.3 is 16.0 Å². The van der Waals surface area contributed by atoms with Gasteiger partial charge in [0.25, 0.3) is 0 Å². The van der Waals surface area contributed by atoms with E-state index in [1.165, 1.54) is 18.4 Å². The summed E-state index contributed by atoms with van der Waals surface area (Å²) in [6.45, 7) is 6.16. The first-order valence-corrected chi connectivity index (χ1v) is 7.83. The molecule has 116 valence electrons. The third-order valence-electron chi connectivity index (χ3n) is 4.05. The second-order valence-electron chi connectivity index (χ2n) is 5.80. The van der Waals surface area contributed by atoms with Gasteiger partial charge in [-0.15, -0.1) is 0 Å². The van der Waals surface area contributed by atoms with E-state index in [0.717, 1.165) is 37.3 Å². The summed E-state index contributed by atoms with van der Waals surface area (Å²) >= 11 is 0. The Morgan fingerprint density at radius 2 is 2.19 bits per heavy atom. The van der Waals surface area contributed by atoms with Crippen LogP contribution in [-0.4, -0.2) is 30.0 Å². The first-order valence-electron chi connectivity index (χ1n) is 7.83. The lowest BCUT2D eigenvalue weighted by molar-refractivity contribution is -0.116. The van der Waals surface area contributed by atoms with Crippen molar-refractivity contribution in [2.45, 2.75) is 52.1 Å². The first kappa shape index (κ1) is 15.8. The van der Waals surface area contributed by atoms with Crippen molar-refractivity contribution >= 4 is 11.7 Å². The van der Waals surface area contributed by atoms with E-state index in [4.69, 9.17) is 5.73 Å². The second-order valence-corrected chi connectivity index (χ2v) is 5.80. The van der Waals surface area contributed by atoms with Gasteiger partial charge in [0.2, 0.25) is 5.91 Å². The molecule has 21 heavy (non-hydrogen) atoms. The van der Waals surface area contributed by atoms with Crippen LogP contribution in [0, 0.1) is 6.92 Å². The van der Waals surface area contributed by atoms with Crippen molar-refractivity contribution in [1.82, 2.24) is 10.3 Å². The fraction of sp³-hybridized carbons (Fsp3) is 0.625. The molecule has 1 aromatic rings. The van der Waals surface area contributed by atoms with Crippen molar-refractivity contribution in [2.75, 3.05) is 18.0 Å². The number of aromatic nitrogens is 1. The molecule has 1 aliphatic rings. The quantitative estimate of drug-likeness (QED) is 0.802. The van der Waals surface area contributed by atoms with Gasteiger partial charge in [0.15, 0.2) is 0 Å². The largest absolute Gasteiger partial charge is 0.368 e. The molecule has 1 saturated carbocycles. The number of hydrogen-bond acceptors (Lipinski definition) is 4. The number of nitrogens with zero attached hydrogens (tertiary/aromatic N) is 2. The summed E-state index contributed by atoms with van der Waals surface area (Å²) in [4.78, 5) is 18.1. The third kappa shape index (κ3) is 4.17. The number of pyridine rings is 1. The Morgan fingerprint density at radius 3 is 2.76 bits per heavy atom. The molecule has 1 amide bonds. The third-order valence-corrected chi connectivity index (χ3v) is 4.05. The van der Waals surface area contributed by atoms with Gasteiger partial charge in [0.1, 0.15) is 5.82 Å². The molecule has 0 spiro atoms. The highest BCUT2D eigenvalue weighted by Crippen LogP contribution is 2.29. The molecule has 0 atom stereocenters. The van der Waals surface area contributed by atoms with Crippen LogP contribution in [0.25, 0.3) is 0 Å². The van der Waals surface area contributed by atoms with E-state index in [0.29, 0.717) is 6.04 Å². The Bertz CT molecular complexity index is 483. The molecule has 5 nitrogen and oxygen atoms in total. The maximum absolute atomic E-state index is 11.4. The zero-order valence-corrected chi connectivity index (χ0v) is 13.1. The van der Waals surface area contributed by atoms with Crippen molar-refractivity contribution < 1.29 is 4.79 Å². The number of carbonyl (C=O) groups is 1. The van der Waals surface area contributed by atoms with Crippen molar-refractivity contribution in [2.24, 2.45) is 5.73 Å². The number of aryl methyl sites for hydroxylation is 1. The predicted octanol–water partition coefficient (Wildman–Crippen LogP) is 1.73. The number of hydrogen-bond donors (Lipinski definition) is 2. The van der Waals surface area contributed by atoms with E-state index in [2.05, 4.69) is 35.1 Å². The molecule has 0 aromatic carbocycles. The predicted molar refractivity (Wildman–Crippen MR) is 85.2 cm³/mol. The summed E-state index contributed by atoms with van der Waals surface area (Å²) in [6.07, 6.45) is 6.57. The number of primary amides is 1. The molecule has 0 aliphatic heterocycles. The lowest BCUT2D eigenvalue weighted by atomic mass is 10.1. The van der Waals surface area contributed by atoms with Gasteiger partial charge in [-0.25, -0.2) is 4.98 Å². The van der Waals surface area contributed by atoms with Gasteiger partial charge in [-0.1, -0.05) is 19.8 Å². The van der Waals surface area contributed by atoms with Crippen LogP contribution in [0.3, 0.4) is 0 Å². The topological polar surface area (TPSA) is 71.2 Å². The van der Waals surface area contributed by atoms with Crippen molar-refractivity contribution in [3.05, 3.63) is 23.4 Å². The number of nitrogens with one attached hydrogen (secondary N) is 1. The minimum Gasteiger partial charge on any atom is -0.368 e. The average molecular weight is 290 g/mol. The molecule has 0 saturated heterocycles. The van der Waals surface area contributed by atoms with Crippen LogP contribution in [0.5, 0.6) is 0 Å². The summed E-state index contributed by atoms with van der Waals surface area (Å²) in [7, 11) is 0. The van der Waals surface area contributed by atoms with Gasteiger partial charge >= 0.3 is 0 Å². The number of nitrogens with two attached hydrogens (primary N) is 1. The normalized spacial score (nSPS) is 15.3. The second kappa shape index (κ2) is 7.41. The molecule has 5 heteroatoms. The van der Waals surface area contributed by atoms with Crippen LogP contribution < -0.4 is 16.0 Å². The SMILES string of the molecule is CCNCc1cnc(N(CC(N)=O)C2CCCC2)c(C)c1. The molecule has 3 N–H and O–H groups in total. The van der Waals surface area contributed by atoms with Crippen molar-refractivity contribution in [3.63, 3.8) is 0 Å². The summed E-state index contributed by atoms with van der Waals surface area (Å²) in [5.74, 6) is 0.612. The van der Waals surface area contributed by atoms with Crippen LogP contribution in [0.4, 0.5) is 5.82 Å². The van der Waals surface area contributed by atoms with E-state index >= 15 is 0 Å². The van der Waals surface area contributed by atoms with Crippen LogP contribution >= 0.6 is 0 Å². The van der Waals surface area contributed by atoms with Gasteiger partial charge in [0, 0.05) is 18.8 Å². The summed E-state index contributed by atoms with van der Waals surface area (Å²) in [5.41, 5.74) is 7.71. The maximum atomic E-state index is 11.4. The Hall–Kier alpha value is -1.62. The Morgan fingerprint density at radius 1 is 1.48 bits per heavy atom. The van der Waals surface area contributed by atoms with Crippen molar-refractivity contribution in [3.8, 4) is 0 Å². The maximum Gasteiger partial charge on any atom is 0.237 e. The van der Waals surface area contributed by atoms with Crippen molar-refractivity contribution in [1.29, 1.82) is 0 Å². The fourth-order valence-electron chi connectivity index (χ4n) is 3.05. The lowest BCUT2D eigenvalue weighted by Gasteiger charge is -2.30. The van der Waals surface area contributed by atoms with Crippen LogP contribution in [-0.2, 0) is 11.3 Å². The minimum absolute atomic E-state index is 0.255. The van der Waals surface area contributed by atoms with E-state index in [1.54, 1.807) is 0 Å². The molecule has 1 fully saturated rings. The number of rotatable bonds is 7. The summed E-state index contributed by atoms with van der Waals surface area (Å²) in [6, 6.07) is 2.54. The first-order chi connectivity index (χ1) is 10.1. The van der Waals surface area contributed by atoms with Gasteiger partial charge in [-0.05, 0) is 43.5 Å². The monoisotopic (exact) mass is 290 g/mol. The van der Waals surface area contributed by atoms with Gasteiger partial charge in [0.05, 0.1) is 6.54 Å². The van der Waals surface area contributed by atoms with E-state index in [-0.39, 0.29) is 12.5 Å². The van der Waals surface area contributed by atoms with Crippen LogP contribution in [0.1, 0.15) is 43.7 Å². The smallest absolute Gasteiger partial charge is 0.237 e. The fourth-order valence-corrected chi connectivity index (χ4v) is 3.05. The molecule has 1 aliphatic carbocycles. The van der Waals surface area contributed by atoms with E-state index in [9.17, 15) is 4.79 Å². The zero-order chi connectivity index (χ0) is 15.2. The average Bonchev–Trinajstić information content (AvgIpc) is 2.97. The Kier molecular flexibility index (Phi) is 5.56. The Labute approximate surface area is 126 Å². The van der Waals surface area contributed by atoms with E-state index < -0.39 is 0 Å². The molecule has 1 aromatic heterocycles. The number of amides is 1. The summed E-state index contributed by atoms with van der Waals surface area (Å²) < 4.78 is 0. The molecule has 1 heterocycles. The van der Waals surface area contributed by atoms with Gasteiger partial charge in [-0.3, -0.25) is 4.79 Å². The zero-order valence-electron chi connectivity index (χ0n) is 13.1. The number of anilines is 1. The lowest BCUT2D eigenvalue weighted by Crippen LogP contribution is -2.41. The highest BCUT2D eigenvalue weighted by atomic mass is 16.1. The number of carbonyl (C=O) groups excluding carboxylic acids is 1. The molecular weight excluding hydrogens is 264 g/mol. The molecule has 0 bridgehead atoms. The standard InChI is InChI=1S/C16H26N4O/c1-3-18-9-13-8-12(2)16(19-10-13)20(11-15(17)21)14-6-4-5-7-14/h8,10,14,18H,3-7,9,11H2,1-2H3,(H2,17,21). The molecular formula is C16H26N4O. The molecule has 0 unspecified atom stereocenters. The highest BCUT2D eigenvalue weighted by molar-refractivity contribution is 5.79. The van der Waals surface area contributed by atoms with Gasteiger partial charge in [-0.2, -0.15) is 0 Å². The van der Waals surface area contributed by atoms with Crippen LogP contribution in [0.15, 0.2) is 12.3 Å². The van der Waals surface area contributed by atoms with E-state index in [1.807, 2.05) is 6.20 Å². The Balaban J connectivity index is 2.20. The molecule has 2 rings (SSSR count). The summed E-state index contributed by atoms with van der Waals surface area (Å²) in [5, 5.41) is 3.30. The van der Waals surface area contributed by atoms with Crippen LogP contribution in [0.2, 0.25) is 0 Å². The highest BCUT2D eigenvalue weighted by Gasteiger charge is 2.26. The molecule has 0 radical (unpaired) electrons.